The van der Waals surface area contributed by atoms with E-state index in [9.17, 15) is 21.6 Å². The van der Waals surface area contributed by atoms with Gasteiger partial charge in [-0.15, -0.1) is 11.3 Å². The second-order valence-electron chi connectivity index (χ2n) is 9.44. The van der Waals surface area contributed by atoms with Crippen molar-refractivity contribution >= 4 is 37.4 Å². The van der Waals surface area contributed by atoms with Gasteiger partial charge >= 0.3 is 6.18 Å². The van der Waals surface area contributed by atoms with Gasteiger partial charge in [0.25, 0.3) is 0 Å². The maximum absolute atomic E-state index is 12.8. The Morgan fingerprint density at radius 1 is 1.21 bits per heavy atom. The van der Waals surface area contributed by atoms with Gasteiger partial charge in [0.1, 0.15) is 17.0 Å². The zero-order chi connectivity index (χ0) is 24.1. The van der Waals surface area contributed by atoms with Crippen molar-refractivity contribution in [2.24, 2.45) is 11.3 Å². The fourth-order valence-electron chi connectivity index (χ4n) is 5.39. The molecule has 6 nitrogen and oxygen atoms in total. The molecule has 1 N–H and O–H groups in total. The van der Waals surface area contributed by atoms with Gasteiger partial charge in [-0.05, 0) is 62.4 Å². The average molecular weight is 511 g/mol. The molecule has 2 fully saturated rings. The van der Waals surface area contributed by atoms with Crippen LogP contribution >= 0.6 is 11.3 Å². The van der Waals surface area contributed by atoms with E-state index in [1.807, 2.05) is 12.1 Å². The van der Waals surface area contributed by atoms with Gasteiger partial charge < -0.3 is 4.90 Å². The fourth-order valence-corrected chi connectivity index (χ4v) is 7.14. The zero-order valence-corrected chi connectivity index (χ0v) is 20.2. The summed E-state index contributed by atoms with van der Waals surface area (Å²) in [5.74, 6) is 1.25. The van der Waals surface area contributed by atoms with E-state index in [0.717, 1.165) is 61.5 Å². The number of nitrogens with one attached hydrogen (secondary N) is 1. The molecular weight excluding hydrogens is 485 g/mol. The molecule has 1 atom stereocenters. The number of fused-ring (bicyclic) bond motifs is 1. The van der Waals surface area contributed by atoms with E-state index in [1.54, 1.807) is 18.2 Å². The van der Waals surface area contributed by atoms with E-state index in [0.29, 0.717) is 16.1 Å². The topological polar surface area (TPSA) is 75.2 Å². The monoisotopic (exact) mass is 510 g/mol. The minimum absolute atomic E-state index is 0.210. The summed E-state index contributed by atoms with van der Waals surface area (Å²) in [5, 5.41) is 0.702. The third-order valence-corrected chi connectivity index (χ3v) is 9.39. The normalized spacial score (nSPS) is 20.2. The summed E-state index contributed by atoms with van der Waals surface area (Å²) in [4.78, 5) is 11.9. The summed E-state index contributed by atoms with van der Waals surface area (Å²) < 4.78 is 64.6. The van der Waals surface area contributed by atoms with Crippen molar-refractivity contribution in [3.8, 4) is 0 Å². The molecule has 1 aliphatic carbocycles. The van der Waals surface area contributed by atoms with E-state index in [2.05, 4.69) is 19.6 Å². The van der Waals surface area contributed by atoms with Crippen LogP contribution < -0.4 is 9.62 Å². The van der Waals surface area contributed by atoms with E-state index >= 15 is 0 Å². The lowest BCUT2D eigenvalue weighted by Gasteiger charge is -2.49. The van der Waals surface area contributed by atoms with Gasteiger partial charge in [0.2, 0.25) is 10.0 Å². The standard InChI is InChI=1S/C23H25F3N4O2S2/c1-27-34(31,32)18-4-2-15(3-5-18)8-16-6-7-22(10-16)12-30(13-22)20-19-9-17(11-23(24,25)26)33-21(19)29-14-28-20/h2-5,9,14,16,27H,6-8,10-13H2,1H3/t16-/m0/s1. The molecule has 5 rings (SSSR count). The summed E-state index contributed by atoms with van der Waals surface area (Å²) in [6.07, 6.45) is 0.458. The van der Waals surface area contributed by atoms with E-state index in [-0.39, 0.29) is 15.2 Å². The number of rotatable bonds is 6. The van der Waals surface area contributed by atoms with Crippen molar-refractivity contribution in [2.75, 3.05) is 25.0 Å². The molecule has 0 bridgehead atoms. The lowest BCUT2D eigenvalue weighted by atomic mass is 9.77. The quantitative estimate of drug-likeness (QED) is 0.527. The molecule has 1 aromatic carbocycles. The van der Waals surface area contributed by atoms with Crippen LogP contribution in [0.1, 0.15) is 29.7 Å². The number of alkyl halides is 3. The number of halogens is 3. The first-order valence-electron chi connectivity index (χ1n) is 11.1. The Labute approximate surface area is 200 Å². The van der Waals surface area contributed by atoms with Crippen LogP contribution in [0.15, 0.2) is 41.6 Å². The molecule has 34 heavy (non-hydrogen) atoms. The molecule has 2 aromatic heterocycles. The van der Waals surface area contributed by atoms with Gasteiger partial charge in [-0.3, -0.25) is 0 Å². The SMILES string of the molecule is CNS(=O)(=O)c1ccc(C[C@@H]2CCC3(C2)CN(c2ncnc4sc(CC(F)(F)F)cc24)C3)cc1. The van der Waals surface area contributed by atoms with Gasteiger partial charge in [-0.1, -0.05) is 12.1 Å². The summed E-state index contributed by atoms with van der Waals surface area (Å²) in [6.45, 7) is 1.69. The number of sulfonamides is 1. The summed E-state index contributed by atoms with van der Waals surface area (Å²) in [7, 11) is -2.03. The highest BCUT2D eigenvalue weighted by Gasteiger charge is 2.48. The molecule has 11 heteroatoms. The maximum Gasteiger partial charge on any atom is 0.393 e. The highest BCUT2D eigenvalue weighted by molar-refractivity contribution is 7.89. The minimum atomic E-state index is -4.24. The van der Waals surface area contributed by atoms with Crippen LogP contribution in [-0.4, -0.2) is 44.7 Å². The largest absolute Gasteiger partial charge is 0.393 e. The fraction of sp³-hybridized carbons (Fsp3) is 0.478. The second-order valence-corrected chi connectivity index (χ2v) is 12.4. The third-order valence-electron chi connectivity index (χ3n) is 6.92. The Hall–Kier alpha value is -2.24. The van der Waals surface area contributed by atoms with Crippen molar-refractivity contribution < 1.29 is 21.6 Å². The van der Waals surface area contributed by atoms with Crippen LogP contribution in [0.3, 0.4) is 0 Å². The number of benzene rings is 1. The van der Waals surface area contributed by atoms with Crippen LogP contribution in [0.2, 0.25) is 0 Å². The number of hydrogen-bond acceptors (Lipinski definition) is 6. The molecule has 1 aliphatic heterocycles. The Morgan fingerprint density at radius 2 is 1.94 bits per heavy atom. The van der Waals surface area contributed by atoms with Crippen LogP contribution in [0.25, 0.3) is 10.2 Å². The predicted octanol–water partition coefficient (Wildman–Crippen LogP) is 4.55. The predicted molar refractivity (Wildman–Crippen MR) is 126 cm³/mol. The molecule has 1 saturated heterocycles. The summed E-state index contributed by atoms with van der Waals surface area (Å²) in [5.41, 5.74) is 1.34. The van der Waals surface area contributed by atoms with E-state index in [4.69, 9.17) is 0 Å². The van der Waals surface area contributed by atoms with Crippen molar-refractivity contribution in [1.82, 2.24) is 14.7 Å². The number of hydrogen-bond donors (Lipinski definition) is 1. The van der Waals surface area contributed by atoms with Crippen LogP contribution in [0, 0.1) is 11.3 Å². The second kappa shape index (κ2) is 8.46. The van der Waals surface area contributed by atoms with Gasteiger partial charge in [-0.2, -0.15) is 13.2 Å². The smallest absolute Gasteiger partial charge is 0.355 e. The number of thiophene rings is 1. The molecule has 0 unspecified atom stereocenters. The minimum Gasteiger partial charge on any atom is -0.355 e. The Balaban J connectivity index is 1.23. The van der Waals surface area contributed by atoms with Crippen LogP contribution in [-0.2, 0) is 22.9 Å². The first-order valence-corrected chi connectivity index (χ1v) is 13.4. The summed E-state index contributed by atoms with van der Waals surface area (Å²) in [6, 6.07) is 8.64. The maximum atomic E-state index is 12.8. The van der Waals surface area contributed by atoms with Crippen LogP contribution in [0.4, 0.5) is 19.0 Å². The molecule has 3 aromatic rings. The Bertz CT molecular complexity index is 1300. The Morgan fingerprint density at radius 3 is 2.62 bits per heavy atom. The molecular formula is C23H25F3N4O2S2. The number of anilines is 1. The first kappa shape index (κ1) is 23.5. The average Bonchev–Trinajstić information content (AvgIpc) is 3.35. The number of aromatic nitrogens is 2. The summed E-state index contributed by atoms with van der Waals surface area (Å²) >= 11 is 1.08. The van der Waals surface area contributed by atoms with Crippen molar-refractivity contribution in [1.29, 1.82) is 0 Å². The third kappa shape index (κ3) is 4.65. The molecule has 3 heterocycles. The Kier molecular flexibility index (Phi) is 5.84. The van der Waals surface area contributed by atoms with Crippen molar-refractivity contribution in [3.05, 3.63) is 47.1 Å². The van der Waals surface area contributed by atoms with Crippen molar-refractivity contribution in [2.45, 2.75) is 43.2 Å². The molecule has 0 amide bonds. The van der Waals surface area contributed by atoms with E-state index in [1.165, 1.54) is 13.4 Å². The lowest BCUT2D eigenvalue weighted by Crippen LogP contribution is -2.55. The first-order chi connectivity index (χ1) is 16.1. The van der Waals surface area contributed by atoms with E-state index < -0.39 is 22.6 Å². The molecule has 1 saturated carbocycles. The van der Waals surface area contributed by atoms with Crippen LogP contribution in [0.5, 0.6) is 0 Å². The van der Waals surface area contributed by atoms with Gasteiger partial charge in [0.05, 0.1) is 16.7 Å². The molecule has 0 radical (unpaired) electrons. The molecule has 182 valence electrons. The lowest BCUT2D eigenvalue weighted by molar-refractivity contribution is -0.126. The highest BCUT2D eigenvalue weighted by Crippen LogP contribution is 2.51. The number of nitrogens with zero attached hydrogens (tertiary/aromatic N) is 3. The molecule has 2 aliphatic rings. The van der Waals surface area contributed by atoms with Gasteiger partial charge in [0, 0.05) is 23.4 Å². The van der Waals surface area contributed by atoms with Crippen molar-refractivity contribution in [3.63, 3.8) is 0 Å². The molecule has 1 spiro atoms. The highest BCUT2D eigenvalue weighted by atomic mass is 32.2. The zero-order valence-electron chi connectivity index (χ0n) is 18.6. The van der Waals surface area contributed by atoms with Gasteiger partial charge in [-0.25, -0.2) is 23.1 Å². The van der Waals surface area contributed by atoms with Gasteiger partial charge in [0.15, 0.2) is 0 Å².